The van der Waals surface area contributed by atoms with Crippen molar-refractivity contribution in [1.82, 2.24) is 4.98 Å². The van der Waals surface area contributed by atoms with Gasteiger partial charge in [0.15, 0.2) is 6.61 Å². The Hall–Kier alpha value is -4.24. The van der Waals surface area contributed by atoms with Gasteiger partial charge in [0.2, 0.25) is 0 Å². The zero-order valence-electron chi connectivity index (χ0n) is 17.6. The van der Waals surface area contributed by atoms with Gasteiger partial charge in [0.1, 0.15) is 5.01 Å². The maximum Gasteiger partial charge on any atom is 0.338 e. The Morgan fingerprint density at radius 2 is 1.61 bits per heavy atom. The molecule has 3 amide bonds. The van der Waals surface area contributed by atoms with Gasteiger partial charge in [-0.3, -0.25) is 4.79 Å². The summed E-state index contributed by atoms with van der Waals surface area (Å²) in [5, 5.41) is 5.99. The second-order valence-electron chi connectivity index (χ2n) is 7.26. The molecular formula is C24H20N4O4S. The van der Waals surface area contributed by atoms with E-state index in [0.717, 1.165) is 20.8 Å². The number of aryl methyl sites for hydroxylation is 1. The Balaban J connectivity index is 1.32. The molecule has 0 aliphatic rings. The minimum absolute atomic E-state index is 0.244. The van der Waals surface area contributed by atoms with Gasteiger partial charge < -0.3 is 21.1 Å². The van der Waals surface area contributed by atoms with E-state index in [1.165, 1.54) is 29.8 Å². The predicted octanol–water partition coefficient (Wildman–Crippen LogP) is 4.56. The summed E-state index contributed by atoms with van der Waals surface area (Å²) in [6.07, 6.45) is 0. The SMILES string of the molecule is Cc1ccc2nc(-c3ccc(NC(=O)COC(=O)c4ccc(NC(N)=O)cc4)cc3)sc2c1. The van der Waals surface area contributed by atoms with E-state index in [1.807, 2.05) is 31.2 Å². The van der Waals surface area contributed by atoms with Gasteiger partial charge in [-0.1, -0.05) is 6.07 Å². The fourth-order valence-corrected chi connectivity index (χ4v) is 4.16. The molecule has 8 nitrogen and oxygen atoms in total. The monoisotopic (exact) mass is 460 g/mol. The summed E-state index contributed by atoms with van der Waals surface area (Å²) >= 11 is 1.61. The molecule has 1 aromatic heterocycles. The van der Waals surface area contributed by atoms with Gasteiger partial charge in [-0.15, -0.1) is 11.3 Å². The summed E-state index contributed by atoms with van der Waals surface area (Å²) in [7, 11) is 0. The number of aromatic nitrogens is 1. The van der Waals surface area contributed by atoms with Crippen LogP contribution in [0.4, 0.5) is 16.2 Å². The molecule has 0 unspecified atom stereocenters. The average molecular weight is 461 g/mol. The minimum Gasteiger partial charge on any atom is -0.452 e. The van der Waals surface area contributed by atoms with Crippen molar-refractivity contribution in [2.24, 2.45) is 5.73 Å². The highest BCUT2D eigenvalue weighted by Gasteiger charge is 2.12. The van der Waals surface area contributed by atoms with Crippen LogP contribution in [-0.4, -0.2) is 29.5 Å². The van der Waals surface area contributed by atoms with Crippen LogP contribution in [0, 0.1) is 6.92 Å². The highest BCUT2D eigenvalue weighted by molar-refractivity contribution is 7.21. The highest BCUT2D eigenvalue weighted by atomic mass is 32.1. The standard InChI is InChI=1S/C24H20N4O4S/c1-14-2-11-19-20(12-14)33-22(28-19)15-3-7-17(8-4-15)26-21(29)13-32-23(30)16-5-9-18(10-6-16)27-24(25)31/h2-12H,13H2,1H3,(H,26,29)(H3,25,27,31). The van der Waals surface area contributed by atoms with Gasteiger partial charge in [0.05, 0.1) is 15.8 Å². The van der Waals surface area contributed by atoms with Crippen LogP contribution >= 0.6 is 11.3 Å². The molecule has 4 aromatic rings. The van der Waals surface area contributed by atoms with E-state index in [2.05, 4.69) is 21.7 Å². The number of benzene rings is 3. The first-order valence-electron chi connectivity index (χ1n) is 9.98. The lowest BCUT2D eigenvalue weighted by atomic mass is 10.2. The molecule has 0 saturated heterocycles. The van der Waals surface area contributed by atoms with Crippen molar-refractivity contribution in [3.05, 3.63) is 77.9 Å². The summed E-state index contributed by atoms with van der Waals surface area (Å²) in [6.45, 7) is 1.62. The van der Waals surface area contributed by atoms with Crippen molar-refractivity contribution >= 4 is 50.8 Å². The fourth-order valence-electron chi connectivity index (χ4n) is 3.09. The number of nitrogens with zero attached hydrogens (tertiary/aromatic N) is 1. The summed E-state index contributed by atoms with van der Waals surface area (Å²) < 4.78 is 6.18. The van der Waals surface area contributed by atoms with E-state index in [-0.39, 0.29) is 5.56 Å². The van der Waals surface area contributed by atoms with Crippen LogP contribution in [0.2, 0.25) is 0 Å². The van der Waals surface area contributed by atoms with Gasteiger partial charge in [-0.2, -0.15) is 0 Å². The molecule has 4 rings (SSSR count). The largest absolute Gasteiger partial charge is 0.452 e. The normalized spacial score (nSPS) is 10.6. The minimum atomic E-state index is -0.704. The smallest absolute Gasteiger partial charge is 0.338 e. The van der Waals surface area contributed by atoms with E-state index in [0.29, 0.717) is 11.4 Å². The fraction of sp³-hybridized carbons (Fsp3) is 0.0833. The molecule has 9 heteroatoms. The second-order valence-corrected chi connectivity index (χ2v) is 8.29. The van der Waals surface area contributed by atoms with E-state index in [1.54, 1.807) is 23.5 Å². The van der Waals surface area contributed by atoms with Crippen LogP contribution in [0.1, 0.15) is 15.9 Å². The maximum absolute atomic E-state index is 12.2. The molecule has 1 heterocycles. The number of fused-ring (bicyclic) bond motifs is 1. The number of nitrogens with one attached hydrogen (secondary N) is 2. The summed E-state index contributed by atoms with van der Waals surface area (Å²) in [5.41, 5.74) is 9.40. The molecule has 0 aliphatic carbocycles. The number of anilines is 2. The van der Waals surface area contributed by atoms with E-state index in [4.69, 9.17) is 10.5 Å². The predicted molar refractivity (Wildman–Crippen MR) is 128 cm³/mol. The zero-order valence-corrected chi connectivity index (χ0v) is 18.4. The van der Waals surface area contributed by atoms with Gasteiger partial charge in [-0.25, -0.2) is 14.6 Å². The number of nitrogens with two attached hydrogens (primary N) is 1. The molecule has 33 heavy (non-hydrogen) atoms. The van der Waals surface area contributed by atoms with Crippen LogP contribution in [0.3, 0.4) is 0 Å². The Morgan fingerprint density at radius 3 is 2.30 bits per heavy atom. The summed E-state index contributed by atoms with van der Waals surface area (Å²) in [6, 6.07) is 18.7. The highest BCUT2D eigenvalue weighted by Crippen LogP contribution is 2.31. The van der Waals surface area contributed by atoms with Gasteiger partial charge in [0, 0.05) is 16.9 Å². The first kappa shape index (κ1) is 22.0. The van der Waals surface area contributed by atoms with Gasteiger partial charge in [0.25, 0.3) is 5.91 Å². The van der Waals surface area contributed by atoms with Crippen molar-refractivity contribution in [1.29, 1.82) is 0 Å². The number of carbonyl (C=O) groups excluding carboxylic acids is 3. The van der Waals surface area contributed by atoms with Gasteiger partial charge >= 0.3 is 12.0 Å². The molecule has 0 radical (unpaired) electrons. The first-order valence-corrected chi connectivity index (χ1v) is 10.8. The number of amides is 3. The third-order valence-electron chi connectivity index (χ3n) is 4.68. The molecule has 0 atom stereocenters. The van der Waals surface area contributed by atoms with Crippen molar-refractivity contribution in [3.8, 4) is 10.6 Å². The lowest BCUT2D eigenvalue weighted by molar-refractivity contribution is -0.119. The summed E-state index contributed by atoms with van der Waals surface area (Å²) in [5.74, 6) is -1.12. The molecule has 3 aromatic carbocycles. The zero-order chi connectivity index (χ0) is 23.4. The average Bonchev–Trinajstić information content (AvgIpc) is 3.21. The molecule has 0 saturated carbocycles. The van der Waals surface area contributed by atoms with E-state index >= 15 is 0 Å². The van der Waals surface area contributed by atoms with Crippen molar-refractivity contribution in [3.63, 3.8) is 0 Å². The number of hydrogen-bond donors (Lipinski definition) is 3. The van der Waals surface area contributed by atoms with Crippen LogP contribution < -0.4 is 16.4 Å². The number of primary amides is 1. The molecule has 166 valence electrons. The Labute approximate surface area is 193 Å². The third-order valence-corrected chi connectivity index (χ3v) is 5.75. The number of ether oxygens (including phenoxy) is 1. The van der Waals surface area contributed by atoms with Crippen LogP contribution in [0.5, 0.6) is 0 Å². The lowest BCUT2D eigenvalue weighted by Gasteiger charge is -2.08. The number of thiazole rings is 1. The Kier molecular flexibility index (Phi) is 6.32. The molecule has 0 aliphatic heterocycles. The van der Waals surface area contributed by atoms with Crippen molar-refractivity contribution in [2.45, 2.75) is 6.92 Å². The van der Waals surface area contributed by atoms with E-state index in [9.17, 15) is 14.4 Å². The van der Waals surface area contributed by atoms with Crippen LogP contribution in [0.25, 0.3) is 20.8 Å². The van der Waals surface area contributed by atoms with Crippen molar-refractivity contribution < 1.29 is 19.1 Å². The molecular weight excluding hydrogens is 440 g/mol. The number of rotatable bonds is 6. The molecule has 0 spiro atoms. The number of urea groups is 1. The number of carbonyl (C=O) groups is 3. The van der Waals surface area contributed by atoms with Crippen LogP contribution in [0.15, 0.2) is 66.7 Å². The molecule has 0 bridgehead atoms. The summed E-state index contributed by atoms with van der Waals surface area (Å²) in [4.78, 5) is 39.8. The third kappa shape index (κ3) is 5.52. The topological polar surface area (TPSA) is 123 Å². The quantitative estimate of drug-likeness (QED) is 0.364. The lowest BCUT2D eigenvalue weighted by Crippen LogP contribution is -2.21. The van der Waals surface area contributed by atoms with Gasteiger partial charge in [-0.05, 0) is 73.2 Å². The maximum atomic E-state index is 12.2. The number of esters is 1. The Morgan fingerprint density at radius 1 is 0.939 bits per heavy atom. The Bertz CT molecular complexity index is 1330. The molecule has 0 fully saturated rings. The van der Waals surface area contributed by atoms with Crippen molar-refractivity contribution in [2.75, 3.05) is 17.2 Å². The number of hydrogen-bond acceptors (Lipinski definition) is 6. The second kappa shape index (κ2) is 9.49. The molecule has 4 N–H and O–H groups in total. The first-order chi connectivity index (χ1) is 15.9. The van der Waals surface area contributed by atoms with E-state index < -0.39 is 24.5 Å². The van der Waals surface area contributed by atoms with Crippen LogP contribution in [-0.2, 0) is 9.53 Å².